The van der Waals surface area contributed by atoms with Gasteiger partial charge in [0.15, 0.2) is 17.4 Å². The Kier molecular flexibility index (Phi) is 16.9. The van der Waals surface area contributed by atoms with Gasteiger partial charge >= 0.3 is 0 Å². The minimum atomic E-state index is -1.02. The first-order chi connectivity index (χ1) is 22.3. The predicted molar refractivity (Wildman–Crippen MR) is 163 cm³/mol. The highest BCUT2D eigenvalue weighted by Crippen LogP contribution is 2.24. The van der Waals surface area contributed by atoms with Crippen LogP contribution < -0.4 is 0 Å². The molecule has 6 atom stereocenters. The van der Waals surface area contributed by atoms with Crippen LogP contribution in [0.4, 0.5) is 0 Å². The lowest BCUT2D eigenvalue weighted by Crippen LogP contribution is -2.35. The highest BCUT2D eigenvalue weighted by atomic mass is 16.8. The Morgan fingerprint density at radius 3 is 1.36 bits per heavy atom. The van der Waals surface area contributed by atoms with Crippen LogP contribution >= 0.6 is 0 Å². The first-order valence-electron chi connectivity index (χ1n) is 16.1. The van der Waals surface area contributed by atoms with Crippen molar-refractivity contribution in [3.63, 3.8) is 0 Å². The fourth-order valence-electron chi connectivity index (χ4n) is 4.89. The zero-order chi connectivity index (χ0) is 34.3. The predicted octanol–water partition coefficient (Wildman–Crippen LogP) is 1.31. The van der Waals surface area contributed by atoms with Gasteiger partial charge < -0.3 is 67.1 Å². The molecule has 0 spiro atoms. The fourth-order valence-corrected chi connectivity index (χ4v) is 4.89. The molecule has 0 radical (unpaired) electrons. The van der Waals surface area contributed by atoms with E-state index in [1.54, 1.807) is 0 Å². The smallest absolute Gasteiger partial charge is 0.163 e. The molecule has 3 saturated heterocycles. The van der Waals surface area contributed by atoms with Crippen LogP contribution in [0, 0.1) is 0 Å². The maximum absolute atomic E-state index is 9.65. The van der Waals surface area contributed by atoms with Crippen LogP contribution in [0.3, 0.4) is 0 Å². The standard InChI is InChI=1S/C30H55N3O14/c1-28(2)42-18-25(45-28)15-37-12-23(11-36-10-22(35)7-34)40-8-21(32-33-31)9-41-24(13-38-16-26-19-43-29(3,4)46-26)14-39-17-27-20-44-30(5,6)47-27/h21-27,34-35H,7-20H2,1-6H3. The Bertz CT molecular complexity index is 906. The molecule has 274 valence electrons. The van der Waals surface area contributed by atoms with E-state index in [-0.39, 0.29) is 71.2 Å². The molecule has 2 N–H and O–H groups in total. The molecule has 3 aliphatic heterocycles. The molecular formula is C30H55N3O14. The number of hydrogen-bond acceptors (Lipinski definition) is 15. The van der Waals surface area contributed by atoms with Crippen LogP contribution in [0.1, 0.15) is 41.5 Å². The highest BCUT2D eigenvalue weighted by Gasteiger charge is 2.35. The van der Waals surface area contributed by atoms with Gasteiger partial charge in [0.25, 0.3) is 0 Å². The van der Waals surface area contributed by atoms with Gasteiger partial charge in [0.1, 0.15) is 36.6 Å². The van der Waals surface area contributed by atoms with Crippen molar-refractivity contribution in [3.8, 4) is 0 Å². The topological polar surface area (TPSA) is 200 Å². The second-order valence-electron chi connectivity index (χ2n) is 13.1. The summed E-state index contributed by atoms with van der Waals surface area (Å²) in [6, 6.07) is -0.694. The van der Waals surface area contributed by atoms with Gasteiger partial charge in [-0.25, -0.2) is 0 Å². The quantitative estimate of drug-likeness (QED) is 0.0839. The molecule has 17 nitrogen and oxygen atoms in total. The molecule has 3 aliphatic rings. The van der Waals surface area contributed by atoms with Crippen LogP contribution in [0.2, 0.25) is 0 Å². The van der Waals surface area contributed by atoms with E-state index in [2.05, 4.69) is 10.0 Å². The van der Waals surface area contributed by atoms with Gasteiger partial charge in [-0.1, -0.05) is 5.11 Å². The molecule has 0 aromatic rings. The van der Waals surface area contributed by atoms with Gasteiger partial charge in [-0.15, -0.1) is 0 Å². The fraction of sp³-hybridized carbons (Fsp3) is 1.00. The molecule has 0 aliphatic carbocycles. The maximum Gasteiger partial charge on any atom is 0.163 e. The summed E-state index contributed by atoms with van der Waals surface area (Å²) in [5, 5.41) is 22.6. The second kappa shape index (κ2) is 19.8. The van der Waals surface area contributed by atoms with E-state index in [9.17, 15) is 10.6 Å². The van der Waals surface area contributed by atoms with Crippen LogP contribution in [0.15, 0.2) is 5.11 Å². The summed E-state index contributed by atoms with van der Waals surface area (Å²) < 4.78 is 69.4. The summed E-state index contributed by atoms with van der Waals surface area (Å²) in [6.07, 6.45) is -2.75. The van der Waals surface area contributed by atoms with Gasteiger partial charge in [-0.2, -0.15) is 0 Å². The van der Waals surface area contributed by atoms with Gasteiger partial charge in [-0.05, 0) is 47.1 Å². The normalized spacial score (nSPS) is 27.4. The molecule has 3 heterocycles. The third kappa shape index (κ3) is 16.3. The van der Waals surface area contributed by atoms with Crippen molar-refractivity contribution in [2.24, 2.45) is 5.11 Å². The monoisotopic (exact) mass is 681 g/mol. The largest absolute Gasteiger partial charge is 0.394 e. The van der Waals surface area contributed by atoms with Crippen LogP contribution in [-0.2, 0) is 56.8 Å². The first-order valence-corrected chi connectivity index (χ1v) is 16.1. The molecule has 17 heteroatoms. The molecule has 0 amide bonds. The number of aliphatic hydroxyl groups excluding tert-OH is 2. The third-order valence-corrected chi connectivity index (χ3v) is 7.11. The maximum atomic E-state index is 9.65. The highest BCUT2D eigenvalue weighted by molar-refractivity contribution is 4.74. The van der Waals surface area contributed by atoms with E-state index in [1.165, 1.54) is 0 Å². The molecule has 0 saturated carbocycles. The molecule has 0 bridgehead atoms. The van der Waals surface area contributed by atoms with Crippen molar-refractivity contribution in [2.45, 2.75) is 102 Å². The van der Waals surface area contributed by atoms with Crippen molar-refractivity contribution in [2.75, 3.05) is 92.5 Å². The van der Waals surface area contributed by atoms with Crippen molar-refractivity contribution >= 4 is 0 Å². The lowest BCUT2D eigenvalue weighted by Gasteiger charge is -2.24. The Morgan fingerprint density at radius 1 is 0.660 bits per heavy atom. The summed E-state index contributed by atoms with van der Waals surface area (Å²) >= 11 is 0. The van der Waals surface area contributed by atoms with Gasteiger partial charge in [-0.3, -0.25) is 0 Å². The Balaban J connectivity index is 1.49. The molecule has 6 unspecified atom stereocenters. The Morgan fingerprint density at radius 2 is 1.04 bits per heavy atom. The van der Waals surface area contributed by atoms with Gasteiger partial charge in [0.05, 0.1) is 98.5 Å². The molecule has 3 fully saturated rings. The zero-order valence-corrected chi connectivity index (χ0v) is 28.6. The number of ether oxygens (including phenoxy) is 12. The van der Waals surface area contributed by atoms with Crippen LogP contribution in [0.25, 0.3) is 10.4 Å². The third-order valence-electron chi connectivity index (χ3n) is 7.11. The Labute approximate surface area is 276 Å². The van der Waals surface area contributed by atoms with Crippen LogP contribution in [0.5, 0.6) is 0 Å². The van der Waals surface area contributed by atoms with Crippen molar-refractivity contribution < 1.29 is 67.1 Å². The van der Waals surface area contributed by atoms with Gasteiger partial charge in [0, 0.05) is 4.91 Å². The first kappa shape index (κ1) is 40.2. The number of azide groups is 1. The molecule has 0 aromatic carbocycles. The number of hydrogen-bond donors (Lipinski definition) is 2. The molecule has 0 aromatic heterocycles. The van der Waals surface area contributed by atoms with Crippen molar-refractivity contribution in [1.29, 1.82) is 0 Å². The molecule has 3 rings (SSSR count). The average Bonchev–Trinajstić information content (AvgIpc) is 3.66. The van der Waals surface area contributed by atoms with E-state index >= 15 is 0 Å². The lowest BCUT2D eigenvalue weighted by atomic mass is 10.3. The summed E-state index contributed by atoms with van der Waals surface area (Å²) in [5.41, 5.74) is 9.23. The second-order valence-corrected chi connectivity index (χ2v) is 13.1. The average molecular weight is 682 g/mol. The van der Waals surface area contributed by atoms with Gasteiger partial charge in [0.2, 0.25) is 0 Å². The van der Waals surface area contributed by atoms with Crippen molar-refractivity contribution in [3.05, 3.63) is 10.4 Å². The molecule has 47 heavy (non-hydrogen) atoms. The van der Waals surface area contributed by atoms with E-state index in [0.717, 1.165) is 0 Å². The SMILES string of the molecule is CC1(C)OCC(COCC(COCC(O)CO)OCC(COC(COCC2COC(C)(C)O2)COCC2COC(C)(C)O2)N=[N+]=[N-])O1. The van der Waals surface area contributed by atoms with Crippen LogP contribution in [-0.4, -0.2) is 163 Å². The van der Waals surface area contributed by atoms with E-state index in [0.29, 0.717) is 33.0 Å². The summed E-state index contributed by atoms with van der Waals surface area (Å²) in [5.74, 6) is -1.99. The number of nitrogens with zero attached hydrogens (tertiary/aromatic N) is 3. The minimum Gasteiger partial charge on any atom is -0.394 e. The van der Waals surface area contributed by atoms with Crippen molar-refractivity contribution in [1.82, 2.24) is 0 Å². The Hall–Kier alpha value is -1.25. The summed E-state index contributed by atoms with van der Waals surface area (Å²) in [6.45, 7) is 13.3. The summed E-state index contributed by atoms with van der Waals surface area (Å²) in [4.78, 5) is 2.96. The van der Waals surface area contributed by atoms with E-state index in [4.69, 9.17) is 61.9 Å². The van der Waals surface area contributed by atoms with E-state index in [1.807, 2.05) is 41.5 Å². The molecular weight excluding hydrogens is 626 g/mol. The summed E-state index contributed by atoms with van der Waals surface area (Å²) in [7, 11) is 0. The number of aliphatic hydroxyl groups is 2. The number of rotatable bonds is 24. The van der Waals surface area contributed by atoms with E-state index < -0.39 is 48.3 Å². The lowest BCUT2D eigenvalue weighted by molar-refractivity contribution is -0.152. The zero-order valence-electron chi connectivity index (χ0n) is 28.6. The minimum absolute atomic E-state index is 0.000817.